The Morgan fingerprint density at radius 2 is 1.77 bits per heavy atom. The van der Waals surface area contributed by atoms with Crippen LogP contribution in [0, 0.1) is 27.7 Å². The Kier molecular flexibility index (Phi) is 7.89. The van der Waals surface area contributed by atoms with E-state index in [-0.39, 0.29) is 24.4 Å². The van der Waals surface area contributed by atoms with Gasteiger partial charge in [-0.25, -0.2) is 13.4 Å². The number of nitrogens with zero attached hydrogens (tertiary/aromatic N) is 3. The maximum atomic E-state index is 13.4. The van der Waals surface area contributed by atoms with Crippen LogP contribution in [0.15, 0.2) is 75.7 Å². The second-order valence-electron chi connectivity index (χ2n) is 11.8. The first-order valence-corrected chi connectivity index (χ1v) is 16.6. The summed E-state index contributed by atoms with van der Waals surface area (Å²) < 4.78 is 36.0. The number of fused-ring (bicyclic) bond motifs is 1. The minimum Gasteiger partial charge on any atom is -0.457 e. The van der Waals surface area contributed by atoms with Gasteiger partial charge in [0.25, 0.3) is 0 Å². The number of nitrogens with one attached hydrogen (secondary N) is 1. The summed E-state index contributed by atoms with van der Waals surface area (Å²) in [7, 11) is -3.16. The minimum absolute atomic E-state index is 0.0974. The van der Waals surface area contributed by atoms with E-state index >= 15 is 0 Å². The van der Waals surface area contributed by atoms with Crippen molar-refractivity contribution >= 4 is 26.8 Å². The first-order chi connectivity index (χ1) is 21.0. The smallest absolute Gasteiger partial charge is 0.226 e. The van der Waals surface area contributed by atoms with Gasteiger partial charge in [-0.2, -0.15) is 0 Å². The van der Waals surface area contributed by atoms with E-state index in [1.54, 1.807) is 6.07 Å². The normalized spacial score (nSPS) is 15.7. The van der Waals surface area contributed by atoms with Gasteiger partial charge in [0.2, 0.25) is 5.91 Å². The Labute approximate surface area is 257 Å². The molecule has 2 aromatic carbocycles. The summed E-state index contributed by atoms with van der Waals surface area (Å²) in [5, 5.41) is 6.93. The quantitative estimate of drug-likeness (QED) is 0.238. The number of furan rings is 1. The van der Waals surface area contributed by atoms with Gasteiger partial charge in [0.05, 0.1) is 35.1 Å². The summed E-state index contributed by atoms with van der Waals surface area (Å²) in [5.41, 5.74) is 7.73. The largest absolute Gasteiger partial charge is 0.457 e. The average molecular weight is 613 g/mol. The lowest BCUT2D eigenvalue weighted by Gasteiger charge is -2.42. The molecule has 2 atom stereocenters. The van der Waals surface area contributed by atoms with E-state index in [0.717, 1.165) is 27.9 Å². The predicted molar refractivity (Wildman–Crippen MR) is 168 cm³/mol. The zero-order valence-corrected chi connectivity index (χ0v) is 26.3. The van der Waals surface area contributed by atoms with Crippen LogP contribution < -0.4 is 5.32 Å². The van der Waals surface area contributed by atoms with Crippen LogP contribution in [0.4, 0.5) is 0 Å². The summed E-state index contributed by atoms with van der Waals surface area (Å²) in [5.74, 6) is 1.13. The molecule has 0 aliphatic carbocycles. The van der Waals surface area contributed by atoms with E-state index in [9.17, 15) is 13.2 Å². The molecular weight excluding hydrogens is 576 g/mol. The number of carbonyl (C=O) groups excluding carboxylic acids is 1. The van der Waals surface area contributed by atoms with Crippen molar-refractivity contribution in [1.29, 1.82) is 0 Å². The van der Waals surface area contributed by atoms with Crippen LogP contribution in [-0.4, -0.2) is 54.0 Å². The summed E-state index contributed by atoms with van der Waals surface area (Å²) in [6.45, 7) is 8.59. The molecule has 1 amide bonds. The lowest BCUT2D eigenvalue weighted by molar-refractivity contribution is -0.121. The number of rotatable bonds is 9. The highest BCUT2D eigenvalue weighted by Gasteiger charge is 2.42. The molecule has 2 unspecified atom stereocenters. The van der Waals surface area contributed by atoms with Gasteiger partial charge in [-0.15, -0.1) is 0 Å². The van der Waals surface area contributed by atoms with E-state index in [1.807, 2.05) is 56.3 Å². The molecule has 44 heavy (non-hydrogen) atoms. The van der Waals surface area contributed by atoms with Crippen molar-refractivity contribution < 1.29 is 22.2 Å². The molecule has 4 heterocycles. The molecule has 1 saturated heterocycles. The van der Waals surface area contributed by atoms with Crippen molar-refractivity contribution in [1.82, 2.24) is 20.4 Å². The molecule has 9 nitrogen and oxygen atoms in total. The molecular formula is C34H36N4O5S. The SMILES string of the molecule is Cc1ccc(C(NC(=O)Cc2ccc3oc(C(c4c(C)noc4C)N4CC(S(C)(=O)=O)C4)cc3n2)c2ccccc2)c(C)c1. The Morgan fingerprint density at radius 3 is 2.43 bits per heavy atom. The number of hydrogen-bond donors (Lipinski definition) is 1. The second kappa shape index (κ2) is 11.7. The molecule has 0 saturated carbocycles. The van der Waals surface area contributed by atoms with Crippen LogP contribution in [0.25, 0.3) is 11.1 Å². The van der Waals surface area contributed by atoms with E-state index in [2.05, 4.69) is 47.4 Å². The van der Waals surface area contributed by atoms with Crippen LogP contribution in [0.2, 0.25) is 0 Å². The number of benzene rings is 2. The molecule has 0 spiro atoms. The number of aromatic nitrogens is 2. The molecule has 1 aliphatic rings. The third-order valence-corrected chi connectivity index (χ3v) is 9.95. The van der Waals surface area contributed by atoms with Crippen molar-refractivity contribution in [3.05, 3.63) is 117 Å². The van der Waals surface area contributed by atoms with Crippen LogP contribution in [0.3, 0.4) is 0 Å². The van der Waals surface area contributed by atoms with Crippen molar-refractivity contribution in [3.63, 3.8) is 0 Å². The zero-order valence-electron chi connectivity index (χ0n) is 25.5. The average Bonchev–Trinajstić information content (AvgIpc) is 3.51. The van der Waals surface area contributed by atoms with E-state index in [0.29, 0.717) is 41.4 Å². The molecule has 0 radical (unpaired) electrons. The van der Waals surface area contributed by atoms with Gasteiger partial charge in [0.1, 0.15) is 17.0 Å². The fourth-order valence-electron chi connectivity index (χ4n) is 6.07. The standard InChI is InChI=1S/C34H36N4O5S/c1-20-11-13-27(21(2)15-20)33(24-9-7-6-8-10-24)36-31(39)16-25-12-14-29-28(35-25)17-30(42-29)34(32-22(3)37-43-23(32)4)38-18-26(19-38)44(5,40)41/h6-15,17,26,33-34H,16,18-19H2,1-5H3,(H,36,39). The van der Waals surface area contributed by atoms with Crippen LogP contribution in [0.5, 0.6) is 0 Å². The van der Waals surface area contributed by atoms with Gasteiger partial charge >= 0.3 is 0 Å². The highest BCUT2D eigenvalue weighted by Crippen LogP contribution is 2.39. The fraction of sp³-hybridized carbons (Fsp3) is 0.324. The molecule has 1 N–H and O–H groups in total. The monoisotopic (exact) mass is 612 g/mol. The van der Waals surface area contributed by atoms with Crippen molar-refractivity contribution in [2.45, 2.75) is 51.4 Å². The Morgan fingerprint density at radius 1 is 1.02 bits per heavy atom. The Hall–Kier alpha value is -4.28. The maximum absolute atomic E-state index is 13.4. The maximum Gasteiger partial charge on any atom is 0.226 e. The molecule has 1 fully saturated rings. The molecule has 0 bridgehead atoms. The van der Waals surface area contributed by atoms with Gasteiger partial charge in [-0.1, -0.05) is 59.3 Å². The second-order valence-corrected chi connectivity index (χ2v) is 14.2. The molecule has 228 valence electrons. The number of likely N-dealkylation sites (tertiary alicyclic amines) is 1. The highest BCUT2D eigenvalue weighted by molar-refractivity contribution is 7.91. The number of pyridine rings is 1. The van der Waals surface area contributed by atoms with Crippen molar-refractivity contribution in [2.75, 3.05) is 19.3 Å². The first-order valence-electron chi connectivity index (χ1n) is 14.6. The predicted octanol–water partition coefficient (Wildman–Crippen LogP) is 5.32. The summed E-state index contributed by atoms with van der Waals surface area (Å²) >= 11 is 0. The fourth-order valence-corrected chi connectivity index (χ4v) is 6.99. The summed E-state index contributed by atoms with van der Waals surface area (Å²) in [6.07, 6.45) is 1.37. The third-order valence-electron chi connectivity index (χ3n) is 8.45. The van der Waals surface area contributed by atoms with Crippen molar-refractivity contribution in [3.8, 4) is 0 Å². The van der Waals surface area contributed by atoms with Gasteiger partial charge < -0.3 is 14.3 Å². The van der Waals surface area contributed by atoms with Gasteiger partial charge in [-0.3, -0.25) is 9.69 Å². The number of sulfone groups is 1. The molecule has 1 aliphatic heterocycles. The topological polar surface area (TPSA) is 119 Å². The Bertz CT molecular complexity index is 1920. The van der Waals surface area contributed by atoms with E-state index < -0.39 is 15.1 Å². The zero-order chi connectivity index (χ0) is 31.2. The first kappa shape index (κ1) is 29.8. The molecule has 10 heteroatoms. The van der Waals surface area contributed by atoms with Crippen LogP contribution in [0.1, 0.15) is 62.8 Å². The number of hydrogen-bond acceptors (Lipinski definition) is 8. The number of aryl methyl sites for hydroxylation is 4. The number of amides is 1. The van der Waals surface area contributed by atoms with Gasteiger partial charge in [-0.05, 0) is 56.5 Å². The minimum atomic E-state index is -3.16. The van der Waals surface area contributed by atoms with Crippen LogP contribution >= 0.6 is 0 Å². The lowest BCUT2D eigenvalue weighted by Crippen LogP contribution is -2.55. The van der Waals surface area contributed by atoms with Gasteiger partial charge in [0, 0.05) is 31.0 Å². The number of carbonyl (C=O) groups is 1. The lowest BCUT2D eigenvalue weighted by atomic mass is 9.93. The van der Waals surface area contributed by atoms with Crippen LogP contribution in [-0.2, 0) is 21.1 Å². The summed E-state index contributed by atoms with van der Waals surface area (Å²) in [4.78, 5) is 20.3. The Balaban J connectivity index is 1.26. The molecule has 3 aromatic heterocycles. The van der Waals surface area contributed by atoms with Crippen molar-refractivity contribution in [2.24, 2.45) is 0 Å². The van der Waals surface area contributed by atoms with Gasteiger partial charge in [0.15, 0.2) is 15.4 Å². The van der Waals surface area contributed by atoms with E-state index in [4.69, 9.17) is 13.9 Å². The highest BCUT2D eigenvalue weighted by atomic mass is 32.2. The summed E-state index contributed by atoms with van der Waals surface area (Å²) in [6, 6.07) is 21.0. The third kappa shape index (κ3) is 5.92. The molecule has 5 aromatic rings. The van der Waals surface area contributed by atoms with E-state index in [1.165, 1.54) is 11.8 Å². The molecule has 6 rings (SSSR count).